The van der Waals surface area contributed by atoms with Gasteiger partial charge >= 0.3 is 0 Å². The van der Waals surface area contributed by atoms with Crippen molar-refractivity contribution in [2.24, 2.45) is 11.0 Å². The molecule has 0 aliphatic rings. The Balaban J connectivity index is 4.05. The van der Waals surface area contributed by atoms with Crippen LogP contribution in [0.25, 0.3) is 0 Å². The van der Waals surface area contributed by atoms with E-state index in [1.807, 2.05) is 13.8 Å². The van der Waals surface area contributed by atoms with Crippen molar-refractivity contribution in [2.75, 3.05) is 7.05 Å². The Labute approximate surface area is 55.7 Å². The van der Waals surface area contributed by atoms with Crippen molar-refractivity contribution in [1.82, 2.24) is 4.67 Å². The molecule has 0 saturated heterocycles. The third-order valence-corrected chi connectivity index (χ3v) is 2.69. The van der Waals surface area contributed by atoms with Gasteiger partial charge < -0.3 is 0 Å². The van der Waals surface area contributed by atoms with Crippen molar-refractivity contribution in [1.29, 1.82) is 0 Å². The van der Waals surface area contributed by atoms with Gasteiger partial charge in [0, 0.05) is 6.04 Å². The van der Waals surface area contributed by atoms with Crippen LogP contribution in [-0.2, 0) is 4.57 Å². The molecule has 0 aromatic heterocycles. The number of hydrogen-bond donors (Lipinski definition) is 2. The molecule has 9 heavy (non-hydrogen) atoms. The summed E-state index contributed by atoms with van der Waals surface area (Å²) in [6, 6.07) is 0.130. The number of nitrogens with two attached hydrogens (primary N) is 2. The van der Waals surface area contributed by atoms with Gasteiger partial charge in [0.1, 0.15) is 0 Å². The lowest BCUT2D eigenvalue weighted by Gasteiger charge is -2.23. The van der Waals surface area contributed by atoms with Gasteiger partial charge in [-0.3, -0.25) is 15.6 Å². The Bertz CT molecular complexity index is 130. The summed E-state index contributed by atoms with van der Waals surface area (Å²) < 4.78 is 12.3. The third kappa shape index (κ3) is 2.96. The molecule has 0 aliphatic carbocycles. The molecule has 0 bridgehead atoms. The van der Waals surface area contributed by atoms with Crippen molar-refractivity contribution in [3.05, 3.63) is 0 Å². The largest absolute Gasteiger partial charge is 0.276 e. The molecule has 0 aliphatic heterocycles. The van der Waals surface area contributed by atoms with Crippen LogP contribution in [0.4, 0.5) is 0 Å². The first-order chi connectivity index (χ1) is 3.85. The van der Waals surface area contributed by atoms with Crippen LogP contribution in [0.2, 0.25) is 0 Å². The fraction of sp³-hybridized carbons (Fsp3) is 1.00. The molecule has 0 aromatic rings. The molecule has 5 heteroatoms. The Kier molecular flexibility index (Phi) is 2.83. The van der Waals surface area contributed by atoms with E-state index >= 15 is 0 Å². The minimum absolute atomic E-state index is 0.130. The fourth-order valence-corrected chi connectivity index (χ4v) is 1.08. The molecule has 0 spiro atoms. The Morgan fingerprint density at radius 3 is 1.78 bits per heavy atom. The van der Waals surface area contributed by atoms with E-state index in [9.17, 15) is 4.57 Å². The lowest BCUT2D eigenvalue weighted by molar-refractivity contribution is 0.409. The molecular formula is C4H14N3OP. The molecule has 0 rings (SSSR count). The quantitative estimate of drug-likeness (QED) is 0.558. The first kappa shape index (κ1) is 9.11. The summed E-state index contributed by atoms with van der Waals surface area (Å²) in [6.07, 6.45) is 0. The topological polar surface area (TPSA) is 72.3 Å². The van der Waals surface area contributed by atoms with Gasteiger partial charge in [0.25, 0.3) is 7.59 Å². The van der Waals surface area contributed by atoms with Gasteiger partial charge in [-0.05, 0) is 20.9 Å². The highest BCUT2D eigenvalue weighted by Gasteiger charge is 2.18. The molecule has 0 unspecified atom stereocenters. The van der Waals surface area contributed by atoms with Crippen LogP contribution < -0.4 is 11.0 Å². The van der Waals surface area contributed by atoms with Crippen LogP contribution in [0.15, 0.2) is 0 Å². The van der Waals surface area contributed by atoms with Crippen LogP contribution in [0.1, 0.15) is 13.8 Å². The number of hydrogen-bond acceptors (Lipinski definition) is 1. The summed E-state index contributed by atoms with van der Waals surface area (Å²) in [5.74, 6) is 0. The van der Waals surface area contributed by atoms with Gasteiger partial charge in [0.05, 0.1) is 0 Å². The van der Waals surface area contributed by atoms with Crippen LogP contribution in [0.5, 0.6) is 0 Å². The maximum atomic E-state index is 10.8. The zero-order valence-corrected chi connectivity index (χ0v) is 6.93. The van der Waals surface area contributed by atoms with Gasteiger partial charge in [-0.25, -0.2) is 4.67 Å². The summed E-state index contributed by atoms with van der Waals surface area (Å²) in [7, 11) is -1.34. The third-order valence-electron chi connectivity index (χ3n) is 1.24. The smallest absolute Gasteiger partial charge is 0.271 e. The van der Waals surface area contributed by atoms with Gasteiger partial charge in [0.2, 0.25) is 0 Å². The van der Waals surface area contributed by atoms with E-state index in [0.717, 1.165) is 0 Å². The molecule has 0 saturated carbocycles. The van der Waals surface area contributed by atoms with E-state index in [4.69, 9.17) is 11.0 Å². The van der Waals surface area contributed by atoms with Crippen LogP contribution in [-0.4, -0.2) is 17.8 Å². The minimum Gasteiger partial charge on any atom is -0.271 e. The van der Waals surface area contributed by atoms with E-state index in [1.165, 1.54) is 4.67 Å². The average Bonchev–Trinajstić information content (AvgIpc) is 1.62. The van der Waals surface area contributed by atoms with E-state index in [-0.39, 0.29) is 6.04 Å². The van der Waals surface area contributed by atoms with E-state index < -0.39 is 7.59 Å². The Morgan fingerprint density at radius 1 is 1.44 bits per heavy atom. The summed E-state index contributed by atoms with van der Waals surface area (Å²) in [4.78, 5) is 0. The highest BCUT2D eigenvalue weighted by molar-refractivity contribution is 7.56. The van der Waals surface area contributed by atoms with Crippen molar-refractivity contribution in [3.8, 4) is 0 Å². The monoisotopic (exact) mass is 151 g/mol. The predicted molar refractivity (Wildman–Crippen MR) is 38.9 cm³/mol. The van der Waals surface area contributed by atoms with E-state index in [1.54, 1.807) is 7.05 Å². The fourth-order valence-electron chi connectivity index (χ4n) is 0.361. The van der Waals surface area contributed by atoms with Gasteiger partial charge in [-0.15, -0.1) is 0 Å². The number of rotatable bonds is 2. The average molecular weight is 151 g/mol. The molecule has 0 heterocycles. The van der Waals surface area contributed by atoms with Crippen molar-refractivity contribution < 1.29 is 4.57 Å². The van der Waals surface area contributed by atoms with Crippen molar-refractivity contribution >= 4 is 7.59 Å². The zero-order valence-electron chi connectivity index (χ0n) is 6.03. The van der Waals surface area contributed by atoms with Crippen molar-refractivity contribution in [3.63, 3.8) is 0 Å². The van der Waals surface area contributed by atoms with Crippen molar-refractivity contribution in [2.45, 2.75) is 19.9 Å². The SMILES string of the molecule is CC(C)N(C)P(N)(N)=O. The second-order valence-corrected chi connectivity index (χ2v) is 4.32. The van der Waals surface area contributed by atoms with E-state index in [0.29, 0.717) is 0 Å². The molecule has 4 nitrogen and oxygen atoms in total. The molecule has 0 aromatic carbocycles. The van der Waals surface area contributed by atoms with Gasteiger partial charge in [-0.2, -0.15) is 0 Å². The second-order valence-electron chi connectivity index (χ2n) is 2.34. The first-order valence-corrected chi connectivity index (χ1v) is 4.56. The molecule has 0 radical (unpaired) electrons. The summed E-state index contributed by atoms with van der Waals surface area (Å²) in [5.41, 5.74) is 10.3. The normalized spacial score (nSPS) is 13.2. The standard InChI is InChI=1S/C4H14N3OP/c1-4(2)7(3)9(5,6)8/h4H,1-3H3,(H4,5,6,8). The number of nitrogens with zero attached hydrogens (tertiary/aromatic N) is 1. The maximum Gasteiger partial charge on any atom is 0.276 e. The van der Waals surface area contributed by atoms with Crippen LogP contribution in [0, 0.1) is 0 Å². The lowest BCUT2D eigenvalue weighted by atomic mass is 10.4. The highest BCUT2D eigenvalue weighted by atomic mass is 31.2. The lowest BCUT2D eigenvalue weighted by Crippen LogP contribution is -2.30. The second kappa shape index (κ2) is 2.80. The zero-order chi connectivity index (χ0) is 7.65. The van der Waals surface area contributed by atoms with Crippen LogP contribution >= 0.6 is 7.59 Å². The predicted octanol–water partition coefficient (Wildman–Crippen LogP) is 0.352. The minimum atomic E-state index is -2.98. The summed E-state index contributed by atoms with van der Waals surface area (Å²) in [5, 5.41) is 0. The molecule has 0 amide bonds. The molecule has 0 fully saturated rings. The summed E-state index contributed by atoms with van der Waals surface area (Å²) >= 11 is 0. The first-order valence-electron chi connectivity index (χ1n) is 2.76. The highest BCUT2D eigenvalue weighted by Crippen LogP contribution is 2.30. The van der Waals surface area contributed by atoms with E-state index in [2.05, 4.69) is 0 Å². The molecule has 0 atom stereocenters. The van der Waals surface area contributed by atoms with Crippen LogP contribution in [0.3, 0.4) is 0 Å². The summed E-state index contributed by atoms with van der Waals surface area (Å²) in [6.45, 7) is 3.76. The molecule has 4 N–H and O–H groups in total. The molecular weight excluding hydrogens is 137 g/mol. The Hall–Kier alpha value is 0.110. The maximum absolute atomic E-state index is 10.8. The molecule has 56 valence electrons. The van der Waals surface area contributed by atoms with Gasteiger partial charge in [-0.1, -0.05) is 0 Å². The van der Waals surface area contributed by atoms with Gasteiger partial charge in [0.15, 0.2) is 0 Å². The Morgan fingerprint density at radius 2 is 1.78 bits per heavy atom.